The fraction of sp³-hybridized carbons (Fsp3) is 0.385. The number of likely N-dealkylation sites (tertiary alicyclic amines) is 1. The van der Waals surface area contributed by atoms with Crippen molar-refractivity contribution >= 4 is 31.3 Å². The number of halogens is 1. The van der Waals surface area contributed by atoms with Gasteiger partial charge in [-0.3, -0.25) is 4.79 Å². The second-order valence-electron chi connectivity index (χ2n) is 5.25. The van der Waals surface area contributed by atoms with Gasteiger partial charge in [0.1, 0.15) is 5.65 Å². The van der Waals surface area contributed by atoms with E-state index in [0.717, 1.165) is 11.3 Å². The number of pyridine rings is 1. The molecule has 1 atom stereocenters. The van der Waals surface area contributed by atoms with Gasteiger partial charge >= 0.3 is 0 Å². The lowest BCUT2D eigenvalue weighted by atomic mass is 10.1. The molecule has 6 nitrogen and oxygen atoms in total. The minimum atomic E-state index is -3.57. The van der Waals surface area contributed by atoms with E-state index in [9.17, 15) is 13.2 Å². The first-order valence-electron chi connectivity index (χ1n) is 6.53. The lowest BCUT2D eigenvalue weighted by molar-refractivity contribution is -0.128. The van der Waals surface area contributed by atoms with E-state index >= 15 is 0 Å². The lowest BCUT2D eigenvalue weighted by Crippen LogP contribution is -2.25. The Morgan fingerprint density at radius 3 is 2.90 bits per heavy atom. The molecule has 0 spiro atoms. The highest BCUT2D eigenvalue weighted by atomic mass is 35.7. The monoisotopic (exact) mass is 327 g/mol. The maximum atomic E-state index is 11.9. The van der Waals surface area contributed by atoms with Crippen molar-refractivity contribution in [3.05, 3.63) is 36.3 Å². The summed E-state index contributed by atoms with van der Waals surface area (Å²) in [5.41, 5.74) is 1.60. The van der Waals surface area contributed by atoms with Gasteiger partial charge in [0.25, 0.3) is 0 Å². The van der Waals surface area contributed by atoms with Crippen LogP contribution in [0.1, 0.15) is 12.1 Å². The third-order valence-corrected chi connectivity index (χ3v) is 4.74. The van der Waals surface area contributed by atoms with Crippen LogP contribution >= 0.6 is 10.7 Å². The number of hydrogen-bond donors (Lipinski definition) is 0. The number of hydrogen-bond acceptors (Lipinski definition) is 4. The molecule has 0 radical (unpaired) electrons. The summed E-state index contributed by atoms with van der Waals surface area (Å²) in [6.07, 6.45) is 3.98. The molecular weight excluding hydrogens is 314 g/mol. The zero-order valence-corrected chi connectivity index (χ0v) is 12.7. The molecule has 0 aliphatic carbocycles. The van der Waals surface area contributed by atoms with Crippen LogP contribution in [0.4, 0.5) is 0 Å². The Hall–Kier alpha value is -1.60. The van der Waals surface area contributed by atoms with Gasteiger partial charge in [0, 0.05) is 42.0 Å². The minimum Gasteiger partial charge on any atom is -0.336 e. The summed E-state index contributed by atoms with van der Waals surface area (Å²) in [5, 5.41) is 0. The second kappa shape index (κ2) is 5.31. The third-order valence-electron chi connectivity index (χ3n) is 3.50. The largest absolute Gasteiger partial charge is 0.336 e. The molecule has 21 heavy (non-hydrogen) atoms. The highest BCUT2D eigenvalue weighted by Crippen LogP contribution is 2.22. The van der Waals surface area contributed by atoms with Crippen LogP contribution in [-0.4, -0.2) is 40.9 Å². The van der Waals surface area contributed by atoms with Gasteiger partial charge in [-0.25, -0.2) is 13.4 Å². The molecule has 1 unspecified atom stereocenters. The first-order valence-corrected chi connectivity index (χ1v) is 9.01. The molecule has 2 aromatic rings. The number of carbonyl (C=O) groups excluding carboxylic acids is 1. The number of amides is 1. The SMILES string of the molecule is O=C1CC(CS(=O)(=O)Cl)CN1Cc1cn2ccccc2n1. The number of carbonyl (C=O) groups is 1. The van der Waals surface area contributed by atoms with Crippen molar-refractivity contribution < 1.29 is 13.2 Å². The number of aromatic nitrogens is 2. The van der Waals surface area contributed by atoms with Crippen molar-refractivity contribution in [2.75, 3.05) is 12.3 Å². The van der Waals surface area contributed by atoms with Crippen LogP contribution in [0.5, 0.6) is 0 Å². The van der Waals surface area contributed by atoms with Crippen molar-refractivity contribution in [2.24, 2.45) is 5.92 Å². The van der Waals surface area contributed by atoms with Gasteiger partial charge in [0.15, 0.2) is 0 Å². The third kappa shape index (κ3) is 3.36. The topological polar surface area (TPSA) is 71.8 Å². The van der Waals surface area contributed by atoms with E-state index in [-0.39, 0.29) is 24.0 Å². The molecule has 1 aliphatic rings. The van der Waals surface area contributed by atoms with E-state index in [1.807, 2.05) is 35.0 Å². The van der Waals surface area contributed by atoms with Crippen LogP contribution < -0.4 is 0 Å². The highest BCUT2D eigenvalue weighted by molar-refractivity contribution is 8.13. The molecule has 8 heteroatoms. The van der Waals surface area contributed by atoms with Crippen molar-refractivity contribution in [3.63, 3.8) is 0 Å². The summed E-state index contributed by atoms with van der Waals surface area (Å²) in [6.45, 7) is 0.790. The molecule has 1 aliphatic heterocycles. The zero-order chi connectivity index (χ0) is 15.0. The van der Waals surface area contributed by atoms with Gasteiger partial charge in [-0.2, -0.15) is 0 Å². The van der Waals surface area contributed by atoms with Crippen molar-refractivity contribution in [1.82, 2.24) is 14.3 Å². The molecule has 0 bridgehead atoms. The van der Waals surface area contributed by atoms with Gasteiger partial charge in [-0.05, 0) is 12.1 Å². The summed E-state index contributed by atoms with van der Waals surface area (Å²) >= 11 is 0. The van der Waals surface area contributed by atoms with Crippen LogP contribution in [0.3, 0.4) is 0 Å². The predicted octanol–water partition coefficient (Wildman–Crippen LogP) is 1.25. The summed E-state index contributed by atoms with van der Waals surface area (Å²) in [5.74, 6) is -0.462. The standard InChI is InChI=1S/C13H14ClN3O3S/c14-21(19,20)9-10-5-13(18)17(6-10)8-11-7-16-4-2-1-3-12(16)15-11/h1-4,7,10H,5-6,8-9H2. The van der Waals surface area contributed by atoms with Crippen molar-refractivity contribution in [3.8, 4) is 0 Å². The second-order valence-corrected chi connectivity index (χ2v) is 8.07. The molecule has 112 valence electrons. The van der Waals surface area contributed by atoms with E-state index < -0.39 is 9.05 Å². The van der Waals surface area contributed by atoms with Gasteiger partial charge < -0.3 is 9.30 Å². The van der Waals surface area contributed by atoms with Gasteiger partial charge in [0.2, 0.25) is 15.0 Å². The number of rotatable bonds is 4. The molecule has 1 saturated heterocycles. The number of fused-ring (bicyclic) bond motifs is 1. The smallest absolute Gasteiger partial charge is 0.232 e. The number of nitrogens with zero attached hydrogens (tertiary/aromatic N) is 3. The summed E-state index contributed by atoms with van der Waals surface area (Å²) < 4.78 is 24.1. The first-order chi connectivity index (χ1) is 9.90. The van der Waals surface area contributed by atoms with Gasteiger partial charge in [0.05, 0.1) is 18.0 Å². The summed E-state index contributed by atoms with van der Waals surface area (Å²) in [6, 6.07) is 5.69. The summed E-state index contributed by atoms with van der Waals surface area (Å²) in [4.78, 5) is 18.0. The molecule has 0 saturated carbocycles. The molecule has 3 heterocycles. The van der Waals surface area contributed by atoms with Crippen molar-refractivity contribution in [1.29, 1.82) is 0 Å². The lowest BCUT2D eigenvalue weighted by Gasteiger charge is -2.14. The van der Waals surface area contributed by atoms with Crippen LogP contribution in [0, 0.1) is 5.92 Å². The van der Waals surface area contributed by atoms with E-state index in [1.54, 1.807) is 4.90 Å². The van der Waals surface area contributed by atoms with Gasteiger partial charge in [-0.15, -0.1) is 0 Å². The molecule has 0 N–H and O–H groups in total. The summed E-state index contributed by atoms with van der Waals surface area (Å²) in [7, 11) is 1.67. The molecule has 3 rings (SSSR count). The average molecular weight is 328 g/mol. The normalized spacial score (nSPS) is 19.6. The fourth-order valence-electron chi connectivity index (χ4n) is 2.66. The highest BCUT2D eigenvalue weighted by Gasteiger charge is 2.32. The van der Waals surface area contributed by atoms with Crippen LogP contribution in [0.25, 0.3) is 5.65 Å². The molecule has 0 aromatic carbocycles. The van der Waals surface area contributed by atoms with Gasteiger partial charge in [-0.1, -0.05) is 6.07 Å². The van der Waals surface area contributed by atoms with Crippen LogP contribution in [0.15, 0.2) is 30.6 Å². The Kier molecular flexibility index (Phi) is 3.62. The molecule has 1 fully saturated rings. The van der Waals surface area contributed by atoms with E-state index in [4.69, 9.17) is 10.7 Å². The fourth-order valence-corrected chi connectivity index (χ4v) is 3.98. The van der Waals surface area contributed by atoms with E-state index in [1.165, 1.54) is 0 Å². The molecule has 1 amide bonds. The first kappa shape index (κ1) is 14.3. The molecule has 2 aromatic heterocycles. The zero-order valence-electron chi connectivity index (χ0n) is 11.1. The Labute approximate surface area is 126 Å². The Morgan fingerprint density at radius 2 is 2.19 bits per heavy atom. The van der Waals surface area contributed by atoms with E-state index in [2.05, 4.69) is 4.98 Å². The Bertz CT molecular complexity index is 754. The molecular formula is C13H14ClN3O3S. The quantitative estimate of drug-likeness (QED) is 0.792. The predicted molar refractivity (Wildman–Crippen MR) is 78.4 cm³/mol. The number of imidazole rings is 1. The van der Waals surface area contributed by atoms with Crippen molar-refractivity contribution in [2.45, 2.75) is 13.0 Å². The maximum absolute atomic E-state index is 11.9. The average Bonchev–Trinajstić information content (AvgIpc) is 2.91. The maximum Gasteiger partial charge on any atom is 0.232 e. The van der Waals surface area contributed by atoms with E-state index in [0.29, 0.717) is 13.1 Å². The van der Waals surface area contributed by atoms with Crippen LogP contribution in [-0.2, 0) is 20.4 Å². The Morgan fingerprint density at radius 1 is 1.38 bits per heavy atom. The van der Waals surface area contributed by atoms with Crippen LogP contribution in [0.2, 0.25) is 0 Å². The Balaban J connectivity index is 1.71. The minimum absolute atomic E-state index is 0.0580.